The molecule has 0 radical (unpaired) electrons. The maximum atomic E-state index is 11.6. The number of anilines is 1. The molecule has 12 heteroatoms. The summed E-state index contributed by atoms with van der Waals surface area (Å²) >= 11 is 7.67. The minimum atomic E-state index is -0.663. The highest BCUT2D eigenvalue weighted by atomic mass is 35.5. The second-order valence-electron chi connectivity index (χ2n) is 8.44. The maximum Gasteiger partial charge on any atom is 0.334 e. The van der Waals surface area contributed by atoms with Crippen LogP contribution in [0.1, 0.15) is 10.4 Å². The molecule has 4 heterocycles. The van der Waals surface area contributed by atoms with Crippen molar-refractivity contribution >= 4 is 55.8 Å². The first kappa shape index (κ1) is 23.5. The molecule has 1 amide bonds. The molecule has 1 saturated heterocycles. The Bertz CT molecular complexity index is 1370. The lowest BCUT2D eigenvalue weighted by molar-refractivity contribution is 0.0705. The summed E-state index contributed by atoms with van der Waals surface area (Å²) in [6, 6.07) is 9.52. The molecule has 5 rings (SSSR count). The molecule has 0 saturated carbocycles. The molecule has 1 aliphatic rings. The van der Waals surface area contributed by atoms with Crippen LogP contribution >= 0.6 is 22.9 Å². The lowest BCUT2D eigenvalue weighted by Crippen LogP contribution is -2.37. The van der Waals surface area contributed by atoms with Crippen molar-refractivity contribution in [3.63, 3.8) is 0 Å². The van der Waals surface area contributed by atoms with Crippen molar-refractivity contribution in [3.05, 3.63) is 53.3 Å². The number of hydrogen-bond donors (Lipinski definition) is 2. The van der Waals surface area contributed by atoms with Crippen molar-refractivity contribution in [2.75, 3.05) is 45.3 Å². The predicted octanol–water partition coefficient (Wildman–Crippen LogP) is 3.66. The molecule has 2 N–H and O–H groups in total. The van der Waals surface area contributed by atoms with Crippen LogP contribution in [0.3, 0.4) is 0 Å². The van der Waals surface area contributed by atoms with Gasteiger partial charge in [0.2, 0.25) is 0 Å². The number of carbonyl (C=O) groups excluding carboxylic acids is 1. The number of morpholine rings is 1. The summed E-state index contributed by atoms with van der Waals surface area (Å²) in [6.45, 7) is 2.77. The Morgan fingerprint density at radius 3 is 2.49 bits per heavy atom. The summed E-state index contributed by atoms with van der Waals surface area (Å²) in [5, 5.41) is 10.4. The number of quaternary nitrogens is 1. The van der Waals surface area contributed by atoms with E-state index in [9.17, 15) is 4.79 Å². The number of ether oxygens (including phenoxy) is 1. The number of nitrogens with one attached hydrogen (secondary N) is 1. The molecular formula is C23H23ClN7O3S+. The number of aromatic nitrogens is 4. The molecule has 180 valence electrons. The summed E-state index contributed by atoms with van der Waals surface area (Å²) in [6.07, 6.45) is 2.78. The predicted molar refractivity (Wildman–Crippen MR) is 135 cm³/mol. The van der Waals surface area contributed by atoms with Crippen LogP contribution in [0.4, 0.5) is 16.8 Å². The lowest BCUT2D eigenvalue weighted by Gasteiger charge is -2.28. The van der Waals surface area contributed by atoms with Gasteiger partial charge in [-0.2, -0.15) is 9.97 Å². The van der Waals surface area contributed by atoms with E-state index in [1.165, 1.54) is 12.4 Å². The Morgan fingerprint density at radius 2 is 1.83 bits per heavy atom. The van der Waals surface area contributed by atoms with Gasteiger partial charge in [-0.1, -0.05) is 22.9 Å². The van der Waals surface area contributed by atoms with Crippen molar-refractivity contribution in [1.82, 2.24) is 29.9 Å². The lowest BCUT2D eigenvalue weighted by atomic mass is 10.2. The minimum absolute atomic E-state index is 0.167. The summed E-state index contributed by atoms with van der Waals surface area (Å²) < 4.78 is 6.76. The van der Waals surface area contributed by atoms with Crippen LogP contribution in [0.25, 0.3) is 21.6 Å². The molecule has 0 bridgehead atoms. The molecule has 10 nitrogen and oxygen atoms in total. The van der Waals surface area contributed by atoms with Gasteiger partial charge < -0.3 is 9.64 Å². The molecule has 1 aromatic carbocycles. The van der Waals surface area contributed by atoms with E-state index in [4.69, 9.17) is 31.5 Å². The van der Waals surface area contributed by atoms with Gasteiger partial charge in [0, 0.05) is 42.1 Å². The van der Waals surface area contributed by atoms with Gasteiger partial charge in [-0.25, -0.2) is 19.9 Å². The van der Waals surface area contributed by atoms with Gasteiger partial charge in [0.1, 0.15) is 4.70 Å². The van der Waals surface area contributed by atoms with Gasteiger partial charge in [-0.15, -0.1) is 0 Å². The van der Waals surface area contributed by atoms with Crippen LogP contribution in [-0.2, 0) is 4.74 Å². The third-order valence-electron chi connectivity index (χ3n) is 5.81. The topological polar surface area (TPSA) is 113 Å². The Kier molecular flexibility index (Phi) is 6.34. The van der Waals surface area contributed by atoms with Crippen LogP contribution in [0.5, 0.6) is 0 Å². The Hall–Kier alpha value is -3.22. The average molecular weight is 513 g/mol. The quantitative estimate of drug-likeness (QED) is 0.237. The van der Waals surface area contributed by atoms with E-state index in [1.54, 1.807) is 16.8 Å². The van der Waals surface area contributed by atoms with E-state index in [-0.39, 0.29) is 10.0 Å². The first-order valence-electron chi connectivity index (χ1n) is 10.9. The third kappa shape index (κ3) is 4.56. The van der Waals surface area contributed by atoms with Crippen molar-refractivity contribution in [2.24, 2.45) is 0 Å². The normalized spacial score (nSPS) is 14.3. The monoisotopic (exact) mass is 512 g/mol. The molecule has 1 fully saturated rings. The second kappa shape index (κ2) is 9.44. The van der Waals surface area contributed by atoms with Gasteiger partial charge in [0.15, 0.2) is 16.6 Å². The number of fused-ring (bicyclic) bond motifs is 1. The minimum Gasteiger partial charge on any atom is -0.378 e. The zero-order chi connectivity index (χ0) is 24.6. The fourth-order valence-electron chi connectivity index (χ4n) is 3.79. The Balaban J connectivity index is 1.60. The van der Waals surface area contributed by atoms with Gasteiger partial charge in [0.25, 0.3) is 5.91 Å². The highest BCUT2D eigenvalue weighted by Gasteiger charge is 2.31. The number of thiophene rings is 1. The van der Waals surface area contributed by atoms with Crippen LogP contribution in [-0.4, -0.2) is 71.4 Å². The first-order chi connectivity index (χ1) is 16.9. The summed E-state index contributed by atoms with van der Waals surface area (Å²) in [5.74, 6) is 1.32. The SMILES string of the molecule is C[N+](C)(c1ncc(C(=O)NO)cn1)c1cc2nc(-c3ccc(Cl)cc3)nc(N3CCOCC3)c2s1. The molecule has 35 heavy (non-hydrogen) atoms. The number of nitrogens with zero attached hydrogens (tertiary/aromatic N) is 6. The van der Waals surface area contributed by atoms with E-state index >= 15 is 0 Å². The average Bonchev–Trinajstić information content (AvgIpc) is 3.34. The molecule has 4 aromatic rings. The van der Waals surface area contributed by atoms with Crippen molar-refractivity contribution in [2.45, 2.75) is 0 Å². The summed E-state index contributed by atoms with van der Waals surface area (Å²) in [5.41, 5.74) is 3.47. The van der Waals surface area contributed by atoms with Crippen LogP contribution < -0.4 is 14.9 Å². The second-order valence-corrected chi connectivity index (χ2v) is 9.91. The first-order valence-corrected chi connectivity index (χ1v) is 12.1. The molecule has 0 spiro atoms. The van der Waals surface area contributed by atoms with Gasteiger partial charge in [-0.3, -0.25) is 10.0 Å². The maximum absolute atomic E-state index is 11.6. The van der Waals surface area contributed by atoms with Crippen LogP contribution in [0, 0.1) is 0 Å². The van der Waals surface area contributed by atoms with E-state index in [0.29, 0.717) is 30.0 Å². The Morgan fingerprint density at radius 1 is 1.14 bits per heavy atom. The van der Waals surface area contributed by atoms with Gasteiger partial charge in [-0.05, 0) is 24.3 Å². The highest BCUT2D eigenvalue weighted by Crippen LogP contribution is 2.42. The Labute approximate surface area is 210 Å². The molecule has 3 aromatic heterocycles. The zero-order valence-corrected chi connectivity index (χ0v) is 20.7. The number of rotatable bonds is 5. The number of benzene rings is 1. The smallest absolute Gasteiger partial charge is 0.334 e. The number of hydroxylamine groups is 1. The van der Waals surface area contributed by atoms with E-state index in [0.717, 1.165) is 39.7 Å². The fourth-order valence-corrected chi connectivity index (χ4v) is 5.08. The number of hydrogen-bond acceptors (Lipinski definition) is 9. The number of halogens is 1. The van der Waals surface area contributed by atoms with Gasteiger partial charge >= 0.3 is 5.95 Å². The molecule has 1 aliphatic heterocycles. The van der Waals surface area contributed by atoms with E-state index in [2.05, 4.69) is 14.9 Å². The summed E-state index contributed by atoms with van der Waals surface area (Å²) in [7, 11) is 3.93. The van der Waals surface area contributed by atoms with Crippen LogP contribution in [0.2, 0.25) is 5.02 Å². The summed E-state index contributed by atoms with van der Waals surface area (Å²) in [4.78, 5) is 32.4. The molecule has 0 unspecified atom stereocenters. The highest BCUT2D eigenvalue weighted by molar-refractivity contribution is 7.23. The van der Waals surface area contributed by atoms with E-state index in [1.807, 2.05) is 44.4 Å². The number of carbonyl (C=O) groups is 1. The van der Waals surface area contributed by atoms with Crippen molar-refractivity contribution in [3.8, 4) is 11.4 Å². The molecule has 0 aliphatic carbocycles. The van der Waals surface area contributed by atoms with Crippen molar-refractivity contribution < 1.29 is 14.7 Å². The molecular weight excluding hydrogens is 490 g/mol. The van der Waals surface area contributed by atoms with E-state index < -0.39 is 5.91 Å². The largest absolute Gasteiger partial charge is 0.378 e. The number of amides is 1. The standard InChI is InChI=1S/C23H22ClN7O3S/c1-31(2,23-25-12-15(13-26-23)22(32)29-33)18-11-17-19(35-18)21(30-7-9-34-10-8-30)28-20(27-17)14-3-5-16(24)6-4-14/h3-6,11-13H,7-10H2,1-2H3,(H-,29,32,33)/p+1. The van der Waals surface area contributed by atoms with Crippen molar-refractivity contribution in [1.29, 1.82) is 0 Å². The van der Waals surface area contributed by atoms with Gasteiger partial charge in [0.05, 0.1) is 38.4 Å². The van der Waals surface area contributed by atoms with Crippen LogP contribution in [0.15, 0.2) is 42.7 Å². The molecule has 0 atom stereocenters. The third-order valence-corrected chi connectivity index (χ3v) is 7.44. The zero-order valence-electron chi connectivity index (χ0n) is 19.1. The fraction of sp³-hybridized carbons (Fsp3) is 0.261.